The van der Waals surface area contributed by atoms with Crippen LogP contribution in [0.15, 0.2) is 28.2 Å². The zero-order valence-corrected chi connectivity index (χ0v) is 12.5. The van der Waals surface area contributed by atoms with Crippen molar-refractivity contribution in [2.24, 2.45) is 0 Å². The smallest absolute Gasteiger partial charge is 0.0798 e. The van der Waals surface area contributed by atoms with E-state index in [1.54, 1.807) is 11.3 Å². The van der Waals surface area contributed by atoms with Crippen LogP contribution >= 0.6 is 27.3 Å². The monoisotopic (exact) mass is 310 g/mol. The highest BCUT2D eigenvalue weighted by Gasteiger charge is 2.10. The van der Waals surface area contributed by atoms with E-state index in [0.717, 1.165) is 15.9 Å². The Morgan fingerprint density at radius 3 is 2.71 bits per heavy atom. The average Bonchev–Trinajstić information content (AvgIpc) is 2.70. The van der Waals surface area contributed by atoms with Crippen molar-refractivity contribution in [3.8, 4) is 0 Å². The second-order valence-corrected chi connectivity index (χ2v) is 5.87. The highest BCUT2D eigenvalue weighted by atomic mass is 79.9. The van der Waals surface area contributed by atoms with E-state index in [1.165, 1.54) is 10.4 Å². The van der Waals surface area contributed by atoms with Crippen LogP contribution in [0.5, 0.6) is 0 Å². The van der Waals surface area contributed by atoms with Gasteiger partial charge in [-0.25, -0.2) is 4.98 Å². The van der Waals surface area contributed by atoms with Gasteiger partial charge >= 0.3 is 0 Å². The fraction of sp³-hybridized carbons (Fsp3) is 0.308. The second kappa shape index (κ2) is 5.19. The van der Waals surface area contributed by atoms with Crippen molar-refractivity contribution in [2.45, 2.75) is 26.8 Å². The van der Waals surface area contributed by atoms with Gasteiger partial charge in [0, 0.05) is 15.0 Å². The van der Waals surface area contributed by atoms with Gasteiger partial charge in [-0.15, -0.1) is 11.3 Å². The van der Waals surface area contributed by atoms with Crippen LogP contribution < -0.4 is 5.32 Å². The van der Waals surface area contributed by atoms with E-state index in [0.29, 0.717) is 6.04 Å². The third-order valence-electron chi connectivity index (χ3n) is 2.72. The van der Waals surface area contributed by atoms with Gasteiger partial charge in [0.2, 0.25) is 0 Å². The van der Waals surface area contributed by atoms with Gasteiger partial charge in [-0.1, -0.05) is 15.9 Å². The maximum atomic E-state index is 4.28. The molecule has 1 unspecified atom stereocenters. The highest BCUT2D eigenvalue weighted by molar-refractivity contribution is 9.10. The van der Waals surface area contributed by atoms with Crippen LogP contribution in [-0.2, 0) is 0 Å². The summed E-state index contributed by atoms with van der Waals surface area (Å²) in [5, 5.41) is 3.50. The van der Waals surface area contributed by atoms with Crippen LogP contribution in [0.4, 0.5) is 5.69 Å². The Kier molecular flexibility index (Phi) is 3.84. The molecule has 0 aliphatic rings. The van der Waals surface area contributed by atoms with Crippen LogP contribution in [0.1, 0.15) is 29.1 Å². The van der Waals surface area contributed by atoms with Gasteiger partial charge in [0.15, 0.2) is 0 Å². The lowest BCUT2D eigenvalue weighted by atomic mass is 10.2. The fourth-order valence-corrected chi connectivity index (χ4v) is 2.83. The zero-order valence-electron chi connectivity index (χ0n) is 10.1. The van der Waals surface area contributed by atoms with Crippen molar-refractivity contribution in [1.29, 1.82) is 0 Å². The minimum atomic E-state index is 0.295. The second-order valence-electron chi connectivity index (χ2n) is 4.13. The number of rotatable bonds is 3. The Morgan fingerprint density at radius 2 is 2.12 bits per heavy atom. The van der Waals surface area contributed by atoms with E-state index in [-0.39, 0.29) is 0 Å². The molecule has 1 atom stereocenters. The molecule has 0 radical (unpaired) electrons. The first-order chi connectivity index (χ1) is 8.08. The van der Waals surface area contributed by atoms with Crippen molar-refractivity contribution >= 4 is 33.0 Å². The number of anilines is 1. The van der Waals surface area contributed by atoms with E-state index in [4.69, 9.17) is 0 Å². The van der Waals surface area contributed by atoms with E-state index in [1.807, 2.05) is 5.51 Å². The Balaban J connectivity index is 2.16. The van der Waals surface area contributed by atoms with Gasteiger partial charge in [0.1, 0.15) is 0 Å². The summed E-state index contributed by atoms with van der Waals surface area (Å²) < 4.78 is 1.14. The van der Waals surface area contributed by atoms with Crippen LogP contribution in [0.2, 0.25) is 0 Å². The summed E-state index contributed by atoms with van der Waals surface area (Å²) in [6.07, 6.45) is 0. The first-order valence-electron chi connectivity index (χ1n) is 5.50. The van der Waals surface area contributed by atoms with Gasteiger partial charge < -0.3 is 5.32 Å². The Labute approximate surface area is 114 Å². The molecule has 1 aromatic carbocycles. The minimum Gasteiger partial charge on any atom is -0.378 e. The first-order valence-corrected chi connectivity index (χ1v) is 7.18. The summed E-state index contributed by atoms with van der Waals surface area (Å²) >= 11 is 5.21. The molecule has 0 spiro atoms. The number of halogens is 1. The molecule has 2 rings (SSSR count). The van der Waals surface area contributed by atoms with Gasteiger partial charge in [0.25, 0.3) is 0 Å². The quantitative estimate of drug-likeness (QED) is 0.889. The van der Waals surface area contributed by atoms with Crippen molar-refractivity contribution in [1.82, 2.24) is 4.98 Å². The molecule has 1 heterocycles. The standard InChI is InChI=1S/C13H15BrN2S/c1-8-6-11(4-5-12(8)14)16-10(3)13-9(2)15-7-17-13/h4-7,10,16H,1-3H3. The Bertz CT molecular complexity index is 522. The number of thiazole rings is 1. The molecule has 0 amide bonds. The predicted octanol–water partition coefficient (Wildman–Crippen LogP) is 4.70. The molecular weight excluding hydrogens is 296 g/mol. The molecule has 0 saturated heterocycles. The molecule has 0 saturated carbocycles. The maximum Gasteiger partial charge on any atom is 0.0798 e. The number of nitrogens with one attached hydrogen (secondary N) is 1. The molecule has 0 bridgehead atoms. The zero-order chi connectivity index (χ0) is 12.4. The molecular formula is C13H15BrN2S. The average molecular weight is 311 g/mol. The predicted molar refractivity (Wildman–Crippen MR) is 77.8 cm³/mol. The summed E-state index contributed by atoms with van der Waals surface area (Å²) in [6, 6.07) is 6.60. The van der Waals surface area contributed by atoms with Gasteiger partial charge in [-0.3, -0.25) is 0 Å². The number of hydrogen-bond acceptors (Lipinski definition) is 3. The molecule has 0 fully saturated rings. The largest absolute Gasteiger partial charge is 0.378 e. The van der Waals surface area contributed by atoms with Crippen molar-refractivity contribution in [3.05, 3.63) is 44.3 Å². The van der Waals surface area contributed by atoms with E-state index < -0.39 is 0 Å². The van der Waals surface area contributed by atoms with Gasteiger partial charge in [0.05, 0.1) is 17.2 Å². The minimum absolute atomic E-state index is 0.295. The third-order valence-corrected chi connectivity index (χ3v) is 4.72. The summed E-state index contributed by atoms with van der Waals surface area (Å²) in [5.41, 5.74) is 5.40. The summed E-state index contributed by atoms with van der Waals surface area (Å²) in [6.45, 7) is 6.31. The maximum absolute atomic E-state index is 4.28. The fourth-order valence-electron chi connectivity index (χ4n) is 1.78. The van der Waals surface area contributed by atoms with Crippen LogP contribution in [-0.4, -0.2) is 4.98 Å². The molecule has 1 aromatic heterocycles. The molecule has 2 aromatic rings. The number of hydrogen-bond donors (Lipinski definition) is 1. The highest BCUT2D eigenvalue weighted by Crippen LogP contribution is 2.27. The first kappa shape index (κ1) is 12.6. The molecule has 17 heavy (non-hydrogen) atoms. The summed E-state index contributed by atoms with van der Waals surface area (Å²) in [7, 11) is 0. The van der Waals surface area contributed by atoms with Gasteiger partial charge in [-0.05, 0) is 44.5 Å². The van der Waals surface area contributed by atoms with Crippen LogP contribution in [0.3, 0.4) is 0 Å². The molecule has 2 nitrogen and oxygen atoms in total. The third kappa shape index (κ3) is 2.87. The molecule has 90 valence electrons. The Morgan fingerprint density at radius 1 is 1.35 bits per heavy atom. The van der Waals surface area contributed by atoms with E-state index >= 15 is 0 Å². The Hall–Kier alpha value is -0.870. The SMILES string of the molecule is Cc1cc(NC(C)c2scnc2C)ccc1Br. The van der Waals surface area contributed by atoms with Crippen LogP contribution in [0.25, 0.3) is 0 Å². The van der Waals surface area contributed by atoms with Crippen molar-refractivity contribution < 1.29 is 0 Å². The van der Waals surface area contributed by atoms with Crippen LogP contribution in [0, 0.1) is 13.8 Å². The number of nitrogens with zero attached hydrogens (tertiary/aromatic N) is 1. The lowest BCUT2D eigenvalue weighted by molar-refractivity contribution is 0.890. The van der Waals surface area contributed by atoms with E-state index in [2.05, 4.69) is 65.2 Å². The molecule has 1 N–H and O–H groups in total. The number of benzene rings is 1. The van der Waals surface area contributed by atoms with Crippen molar-refractivity contribution in [2.75, 3.05) is 5.32 Å². The molecule has 0 aliphatic heterocycles. The molecule has 4 heteroatoms. The lowest BCUT2D eigenvalue weighted by Crippen LogP contribution is -2.06. The van der Waals surface area contributed by atoms with Gasteiger partial charge in [-0.2, -0.15) is 0 Å². The lowest BCUT2D eigenvalue weighted by Gasteiger charge is -2.15. The normalized spacial score (nSPS) is 12.5. The van der Waals surface area contributed by atoms with Crippen molar-refractivity contribution in [3.63, 3.8) is 0 Å². The number of aromatic nitrogens is 1. The topological polar surface area (TPSA) is 24.9 Å². The molecule has 0 aliphatic carbocycles. The number of aryl methyl sites for hydroxylation is 2. The summed E-state index contributed by atoms with van der Waals surface area (Å²) in [5.74, 6) is 0. The summed E-state index contributed by atoms with van der Waals surface area (Å²) in [4.78, 5) is 5.58. The van der Waals surface area contributed by atoms with E-state index in [9.17, 15) is 0 Å².